The van der Waals surface area contributed by atoms with Crippen LogP contribution >= 0.6 is 23.2 Å². The third kappa shape index (κ3) is 4.80. The summed E-state index contributed by atoms with van der Waals surface area (Å²) in [7, 11) is -3.87. The van der Waals surface area contributed by atoms with E-state index in [-0.39, 0.29) is 52.4 Å². The van der Waals surface area contributed by atoms with Gasteiger partial charge in [0.2, 0.25) is 10.0 Å². The summed E-state index contributed by atoms with van der Waals surface area (Å²) in [6, 6.07) is 9.82. The monoisotopic (exact) mass is 464 g/mol. The van der Waals surface area contributed by atoms with E-state index in [1.807, 2.05) is 0 Å². The summed E-state index contributed by atoms with van der Waals surface area (Å²) in [5.74, 6) is -0.523. The molecule has 0 spiro atoms. The second-order valence-corrected chi connectivity index (χ2v) is 8.85. The van der Waals surface area contributed by atoms with Crippen molar-refractivity contribution in [3.63, 3.8) is 0 Å². The number of piperazine rings is 1. The smallest absolute Gasteiger partial charge is 0.387 e. The Morgan fingerprint density at radius 1 is 1.03 bits per heavy atom. The molecular weight excluding hydrogens is 449 g/mol. The highest BCUT2D eigenvalue weighted by atomic mass is 35.5. The number of carbonyl (C=O) groups is 1. The Bertz CT molecular complexity index is 1010. The predicted molar refractivity (Wildman–Crippen MR) is 104 cm³/mol. The van der Waals surface area contributed by atoms with Gasteiger partial charge in [-0.1, -0.05) is 35.3 Å². The highest BCUT2D eigenvalue weighted by Gasteiger charge is 2.32. The molecule has 29 heavy (non-hydrogen) atoms. The first kappa shape index (κ1) is 21.8. The van der Waals surface area contributed by atoms with Crippen molar-refractivity contribution in [2.24, 2.45) is 0 Å². The van der Waals surface area contributed by atoms with Crippen molar-refractivity contribution in [3.8, 4) is 5.75 Å². The van der Waals surface area contributed by atoms with Gasteiger partial charge in [-0.2, -0.15) is 13.1 Å². The second-order valence-electron chi connectivity index (χ2n) is 6.15. The second kappa shape index (κ2) is 8.83. The molecule has 1 fully saturated rings. The number of alkyl halides is 2. The number of carbonyl (C=O) groups excluding carboxylic acids is 1. The Labute approximate surface area is 176 Å². The Morgan fingerprint density at radius 2 is 1.69 bits per heavy atom. The van der Waals surface area contributed by atoms with Gasteiger partial charge in [0.05, 0.1) is 10.0 Å². The molecule has 0 aliphatic carbocycles. The lowest BCUT2D eigenvalue weighted by Crippen LogP contribution is -2.50. The molecule has 0 saturated carbocycles. The fourth-order valence-corrected chi connectivity index (χ4v) is 5.10. The van der Waals surface area contributed by atoms with Crippen LogP contribution in [0, 0.1) is 0 Å². The summed E-state index contributed by atoms with van der Waals surface area (Å²) in [6.07, 6.45) is 0. The Kier molecular flexibility index (Phi) is 6.62. The molecule has 0 N–H and O–H groups in total. The molecule has 156 valence electrons. The zero-order valence-corrected chi connectivity index (χ0v) is 17.2. The molecular formula is C18H16Cl2F2N2O4S. The van der Waals surface area contributed by atoms with E-state index in [4.69, 9.17) is 23.2 Å². The summed E-state index contributed by atoms with van der Waals surface area (Å²) in [5.41, 5.74) is 0.178. The summed E-state index contributed by atoms with van der Waals surface area (Å²) in [4.78, 5) is 14.0. The van der Waals surface area contributed by atoms with Crippen LogP contribution in [0.15, 0.2) is 47.4 Å². The molecule has 0 radical (unpaired) electrons. The summed E-state index contributed by atoms with van der Waals surface area (Å²) in [5, 5.41) is 0.0796. The number of hydrogen-bond donors (Lipinski definition) is 0. The molecule has 0 unspecified atom stereocenters. The number of benzene rings is 2. The minimum Gasteiger partial charge on any atom is -0.435 e. The fraction of sp³-hybridized carbons (Fsp3) is 0.278. The van der Waals surface area contributed by atoms with Gasteiger partial charge in [0.1, 0.15) is 10.6 Å². The number of amides is 1. The molecule has 6 nitrogen and oxygen atoms in total. The van der Waals surface area contributed by atoms with E-state index in [9.17, 15) is 22.0 Å². The molecule has 1 heterocycles. The van der Waals surface area contributed by atoms with Crippen molar-refractivity contribution >= 4 is 39.1 Å². The van der Waals surface area contributed by atoms with Crippen molar-refractivity contribution in [1.82, 2.24) is 9.21 Å². The van der Waals surface area contributed by atoms with Gasteiger partial charge in [-0.15, -0.1) is 0 Å². The lowest BCUT2D eigenvalue weighted by molar-refractivity contribution is -0.0499. The SMILES string of the molecule is O=C(c1cccc(OC(F)F)c1)N1CCN(S(=O)(=O)c2cccc(Cl)c2Cl)CC1. The molecule has 3 rings (SSSR count). The first-order valence-corrected chi connectivity index (χ1v) is 10.7. The van der Waals surface area contributed by atoms with Crippen LogP contribution in [-0.2, 0) is 10.0 Å². The number of ether oxygens (including phenoxy) is 1. The van der Waals surface area contributed by atoms with Crippen LogP contribution in [0.3, 0.4) is 0 Å². The van der Waals surface area contributed by atoms with Gasteiger partial charge in [-0.3, -0.25) is 4.79 Å². The quantitative estimate of drug-likeness (QED) is 0.675. The Morgan fingerprint density at radius 3 is 2.34 bits per heavy atom. The van der Waals surface area contributed by atoms with Crippen molar-refractivity contribution < 1.29 is 26.7 Å². The molecule has 1 aliphatic heterocycles. The van der Waals surface area contributed by atoms with E-state index in [0.29, 0.717) is 0 Å². The van der Waals surface area contributed by atoms with Gasteiger partial charge >= 0.3 is 6.61 Å². The van der Waals surface area contributed by atoms with Crippen molar-refractivity contribution in [3.05, 3.63) is 58.1 Å². The van der Waals surface area contributed by atoms with Crippen molar-refractivity contribution in [2.75, 3.05) is 26.2 Å². The maximum atomic E-state index is 12.8. The summed E-state index contributed by atoms with van der Waals surface area (Å²) < 4.78 is 55.9. The minimum absolute atomic E-state index is 0.0523. The highest BCUT2D eigenvalue weighted by molar-refractivity contribution is 7.89. The van der Waals surface area contributed by atoms with Crippen LogP contribution in [0.5, 0.6) is 5.75 Å². The Balaban J connectivity index is 1.70. The van der Waals surface area contributed by atoms with Gasteiger partial charge in [-0.25, -0.2) is 8.42 Å². The van der Waals surface area contributed by atoms with Crippen LogP contribution in [0.2, 0.25) is 10.0 Å². The molecule has 2 aromatic carbocycles. The van der Waals surface area contributed by atoms with E-state index < -0.39 is 22.5 Å². The number of hydrogen-bond acceptors (Lipinski definition) is 4. The third-order valence-electron chi connectivity index (χ3n) is 4.37. The van der Waals surface area contributed by atoms with Gasteiger partial charge in [0.25, 0.3) is 5.91 Å². The topological polar surface area (TPSA) is 66.9 Å². The number of halogens is 4. The van der Waals surface area contributed by atoms with Crippen LogP contribution in [0.25, 0.3) is 0 Å². The Hall–Kier alpha value is -1.94. The zero-order chi connectivity index (χ0) is 21.2. The average molecular weight is 465 g/mol. The minimum atomic E-state index is -3.87. The highest BCUT2D eigenvalue weighted by Crippen LogP contribution is 2.31. The van der Waals surface area contributed by atoms with Gasteiger partial charge < -0.3 is 9.64 Å². The van der Waals surface area contributed by atoms with E-state index in [1.165, 1.54) is 51.7 Å². The van der Waals surface area contributed by atoms with Gasteiger partial charge in [0, 0.05) is 31.7 Å². The first-order valence-electron chi connectivity index (χ1n) is 8.48. The van der Waals surface area contributed by atoms with Crippen molar-refractivity contribution in [2.45, 2.75) is 11.5 Å². The molecule has 2 aromatic rings. The average Bonchev–Trinajstić information content (AvgIpc) is 2.69. The molecule has 0 atom stereocenters. The normalized spacial score (nSPS) is 15.6. The number of nitrogens with zero attached hydrogens (tertiary/aromatic N) is 2. The standard InChI is InChI=1S/C18H16Cl2F2N2O4S/c19-14-5-2-6-15(16(14)20)29(26,27)24-9-7-23(8-10-24)17(25)12-3-1-4-13(11-12)28-18(21)22/h1-6,11,18H,7-10H2. The largest absolute Gasteiger partial charge is 0.435 e. The van der Waals surface area contributed by atoms with E-state index in [2.05, 4.69) is 4.74 Å². The molecule has 11 heteroatoms. The molecule has 0 bridgehead atoms. The molecule has 1 saturated heterocycles. The molecule has 0 aromatic heterocycles. The van der Waals surface area contributed by atoms with Crippen LogP contribution in [0.4, 0.5) is 8.78 Å². The maximum absolute atomic E-state index is 12.8. The van der Waals surface area contributed by atoms with E-state index in [1.54, 1.807) is 0 Å². The van der Waals surface area contributed by atoms with Gasteiger partial charge in [0.15, 0.2) is 0 Å². The number of sulfonamides is 1. The van der Waals surface area contributed by atoms with E-state index >= 15 is 0 Å². The lowest BCUT2D eigenvalue weighted by Gasteiger charge is -2.34. The van der Waals surface area contributed by atoms with Crippen LogP contribution in [-0.4, -0.2) is 56.3 Å². The van der Waals surface area contributed by atoms with E-state index in [0.717, 1.165) is 0 Å². The summed E-state index contributed by atoms with van der Waals surface area (Å²) in [6.45, 7) is -2.60. The fourth-order valence-electron chi connectivity index (χ4n) is 2.94. The van der Waals surface area contributed by atoms with Crippen LogP contribution in [0.1, 0.15) is 10.4 Å². The predicted octanol–water partition coefficient (Wildman–Crippen LogP) is 3.74. The lowest BCUT2D eigenvalue weighted by atomic mass is 10.1. The molecule has 1 aliphatic rings. The zero-order valence-electron chi connectivity index (χ0n) is 14.9. The van der Waals surface area contributed by atoms with Crippen molar-refractivity contribution in [1.29, 1.82) is 0 Å². The molecule has 1 amide bonds. The van der Waals surface area contributed by atoms with Gasteiger partial charge in [-0.05, 0) is 30.3 Å². The summed E-state index contributed by atoms with van der Waals surface area (Å²) >= 11 is 11.9. The van der Waals surface area contributed by atoms with Crippen LogP contribution < -0.4 is 4.74 Å². The third-order valence-corrected chi connectivity index (χ3v) is 7.24. The number of rotatable bonds is 5. The first-order chi connectivity index (χ1) is 13.7. The maximum Gasteiger partial charge on any atom is 0.387 e.